The van der Waals surface area contributed by atoms with Gasteiger partial charge >= 0.3 is 0 Å². The molecule has 0 radical (unpaired) electrons. The molecule has 1 aromatic carbocycles. The number of rotatable bonds is 5. The van der Waals surface area contributed by atoms with Gasteiger partial charge in [-0.3, -0.25) is 4.90 Å². The summed E-state index contributed by atoms with van der Waals surface area (Å²) in [6.45, 7) is 6.30. The molecule has 1 N–H and O–H groups in total. The molecule has 1 saturated heterocycles. The molecule has 4 heterocycles. The number of aromatic nitrogens is 2. The average Bonchev–Trinajstić information content (AvgIpc) is 3.06. The number of pyridine rings is 1. The summed E-state index contributed by atoms with van der Waals surface area (Å²) in [6, 6.07) is 10.9. The molecule has 8 heteroatoms. The predicted octanol–water partition coefficient (Wildman–Crippen LogP) is 3.51. The van der Waals surface area contributed by atoms with Gasteiger partial charge in [0.05, 0.1) is 11.3 Å². The van der Waals surface area contributed by atoms with Gasteiger partial charge in [0.2, 0.25) is 5.88 Å². The van der Waals surface area contributed by atoms with Crippen LogP contribution in [0, 0.1) is 12.7 Å². The van der Waals surface area contributed by atoms with Crippen molar-refractivity contribution in [3.63, 3.8) is 0 Å². The van der Waals surface area contributed by atoms with Crippen LogP contribution in [0.25, 0.3) is 11.3 Å². The van der Waals surface area contributed by atoms with Crippen LogP contribution in [-0.2, 0) is 19.6 Å². The Morgan fingerprint density at radius 2 is 2.00 bits per heavy atom. The van der Waals surface area contributed by atoms with E-state index in [1.807, 2.05) is 13.0 Å². The fourth-order valence-electron chi connectivity index (χ4n) is 3.88. The van der Waals surface area contributed by atoms with Gasteiger partial charge in [0.1, 0.15) is 23.9 Å². The Labute approximate surface area is 180 Å². The number of fused-ring (bicyclic) bond motifs is 1. The lowest BCUT2D eigenvalue weighted by atomic mass is 10.0. The summed E-state index contributed by atoms with van der Waals surface area (Å²) in [5.74, 6) is 1.01. The fourth-order valence-corrected chi connectivity index (χ4v) is 3.88. The smallest absolute Gasteiger partial charge is 0.213 e. The molecule has 1 fully saturated rings. The summed E-state index contributed by atoms with van der Waals surface area (Å²) in [4.78, 5) is 7.25. The SMILES string of the molecule is Cc1onc(-c2ccc(F)cc2)c1COc1ccc2c(n1)CCN(C1CNC1)C2.Cl. The van der Waals surface area contributed by atoms with Gasteiger partial charge in [-0.2, -0.15) is 0 Å². The first-order valence-corrected chi connectivity index (χ1v) is 9.95. The third-order valence-electron chi connectivity index (χ3n) is 5.80. The van der Waals surface area contributed by atoms with Gasteiger partial charge in [0, 0.05) is 50.3 Å². The molecule has 0 saturated carbocycles. The summed E-state index contributed by atoms with van der Waals surface area (Å²) in [5, 5.41) is 7.46. The number of nitrogens with zero attached hydrogens (tertiary/aromatic N) is 3. The molecule has 0 atom stereocenters. The molecular formula is C22H24ClFN4O2. The standard InChI is InChI=1S/C22H23FN4O2.ClH/c1-14-19(22(26-29-14)15-2-5-17(23)6-3-15)13-28-21-7-4-16-12-27(18-10-24-11-18)9-8-20(16)25-21;/h2-7,18,24H,8-13H2,1H3;1H. The van der Waals surface area contributed by atoms with E-state index in [1.165, 1.54) is 17.7 Å². The highest BCUT2D eigenvalue weighted by molar-refractivity contribution is 5.85. The van der Waals surface area contributed by atoms with E-state index in [1.54, 1.807) is 12.1 Å². The van der Waals surface area contributed by atoms with E-state index in [0.717, 1.165) is 49.4 Å². The highest BCUT2D eigenvalue weighted by atomic mass is 35.5. The Balaban J connectivity index is 0.00000218. The van der Waals surface area contributed by atoms with Crippen molar-refractivity contribution in [3.05, 3.63) is 64.8 Å². The lowest BCUT2D eigenvalue weighted by Gasteiger charge is -2.40. The number of nitrogens with one attached hydrogen (secondary N) is 1. The Hall–Kier alpha value is -2.48. The van der Waals surface area contributed by atoms with Gasteiger partial charge < -0.3 is 14.6 Å². The van der Waals surface area contributed by atoms with Gasteiger partial charge in [-0.25, -0.2) is 9.37 Å². The van der Waals surface area contributed by atoms with E-state index in [0.29, 0.717) is 30.0 Å². The van der Waals surface area contributed by atoms with Crippen LogP contribution in [0.5, 0.6) is 5.88 Å². The topological polar surface area (TPSA) is 63.4 Å². The zero-order chi connectivity index (χ0) is 19.8. The van der Waals surface area contributed by atoms with Crippen LogP contribution in [-0.4, -0.2) is 40.7 Å². The Morgan fingerprint density at radius 1 is 1.20 bits per heavy atom. The molecular weight excluding hydrogens is 407 g/mol. The summed E-state index contributed by atoms with van der Waals surface area (Å²) >= 11 is 0. The van der Waals surface area contributed by atoms with E-state index < -0.39 is 0 Å². The first-order valence-electron chi connectivity index (χ1n) is 9.95. The monoisotopic (exact) mass is 430 g/mol. The lowest BCUT2D eigenvalue weighted by Crippen LogP contribution is -2.58. The van der Waals surface area contributed by atoms with E-state index in [2.05, 4.69) is 21.4 Å². The second-order valence-corrected chi connectivity index (χ2v) is 7.65. The quantitative estimate of drug-likeness (QED) is 0.668. The van der Waals surface area contributed by atoms with Crippen LogP contribution >= 0.6 is 12.4 Å². The number of benzene rings is 1. The predicted molar refractivity (Wildman–Crippen MR) is 113 cm³/mol. The number of aryl methyl sites for hydroxylation is 1. The van der Waals surface area contributed by atoms with Gasteiger partial charge in [0.25, 0.3) is 0 Å². The molecule has 158 valence electrons. The van der Waals surface area contributed by atoms with E-state index in [9.17, 15) is 4.39 Å². The maximum Gasteiger partial charge on any atom is 0.213 e. The number of halogens is 2. The highest BCUT2D eigenvalue weighted by Gasteiger charge is 2.28. The first-order chi connectivity index (χ1) is 14.2. The molecule has 6 nitrogen and oxygen atoms in total. The van der Waals surface area contributed by atoms with Crippen LogP contribution in [0.1, 0.15) is 22.6 Å². The van der Waals surface area contributed by atoms with E-state index >= 15 is 0 Å². The van der Waals surface area contributed by atoms with Crippen LogP contribution in [0.3, 0.4) is 0 Å². The molecule has 0 unspecified atom stereocenters. The van der Waals surface area contributed by atoms with Crippen LogP contribution in [0.4, 0.5) is 4.39 Å². The molecule has 0 bridgehead atoms. The summed E-state index contributed by atoms with van der Waals surface area (Å²) in [7, 11) is 0. The third kappa shape index (κ3) is 4.05. The molecule has 30 heavy (non-hydrogen) atoms. The molecule has 3 aromatic rings. The van der Waals surface area contributed by atoms with Gasteiger partial charge in [-0.05, 0) is 36.8 Å². The normalized spacial score (nSPS) is 16.5. The minimum atomic E-state index is -0.280. The Bertz CT molecular complexity index is 1020. The van der Waals surface area contributed by atoms with Crippen molar-refractivity contribution in [2.24, 2.45) is 0 Å². The number of hydrogen-bond acceptors (Lipinski definition) is 6. The maximum atomic E-state index is 13.2. The van der Waals surface area contributed by atoms with Crippen LogP contribution in [0.15, 0.2) is 40.9 Å². The van der Waals surface area contributed by atoms with Crippen LogP contribution < -0.4 is 10.1 Å². The highest BCUT2D eigenvalue weighted by Crippen LogP contribution is 2.27. The van der Waals surface area contributed by atoms with Gasteiger partial charge in [-0.15, -0.1) is 12.4 Å². The van der Waals surface area contributed by atoms with Gasteiger partial charge in [0.15, 0.2) is 0 Å². The minimum Gasteiger partial charge on any atom is -0.473 e. The van der Waals surface area contributed by atoms with Crippen molar-refractivity contribution in [1.82, 2.24) is 20.4 Å². The largest absolute Gasteiger partial charge is 0.473 e. The van der Waals surface area contributed by atoms with Crippen molar-refractivity contribution < 1.29 is 13.7 Å². The van der Waals surface area contributed by atoms with Crippen molar-refractivity contribution >= 4 is 12.4 Å². The van der Waals surface area contributed by atoms with Crippen molar-refractivity contribution in [1.29, 1.82) is 0 Å². The zero-order valence-electron chi connectivity index (χ0n) is 16.7. The number of hydrogen-bond donors (Lipinski definition) is 1. The molecule has 0 aliphatic carbocycles. The van der Waals surface area contributed by atoms with Gasteiger partial charge in [-0.1, -0.05) is 11.2 Å². The molecule has 0 spiro atoms. The summed E-state index contributed by atoms with van der Waals surface area (Å²) in [6.07, 6.45) is 0.941. The van der Waals surface area contributed by atoms with Crippen molar-refractivity contribution in [3.8, 4) is 17.1 Å². The van der Waals surface area contributed by atoms with E-state index in [4.69, 9.17) is 14.2 Å². The van der Waals surface area contributed by atoms with Crippen molar-refractivity contribution in [2.45, 2.75) is 32.5 Å². The van der Waals surface area contributed by atoms with Crippen LogP contribution in [0.2, 0.25) is 0 Å². The molecule has 2 aliphatic heterocycles. The fraction of sp³-hybridized carbons (Fsp3) is 0.364. The molecule has 0 amide bonds. The second kappa shape index (κ2) is 8.71. The Kier molecular flexibility index (Phi) is 6.04. The minimum absolute atomic E-state index is 0. The zero-order valence-corrected chi connectivity index (χ0v) is 17.5. The Morgan fingerprint density at radius 3 is 2.73 bits per heavy atom. The van der Waals surface area contributed by atoms with E-state index in [-0.39, 0.29) is 18.2 Å². The summed E-state index contributed by atoms with van der Waals surface area (Å²) in [5.41, 5.74) is 4.71. The van der Waals surface area contributed by atoms with Crippen molar-refractivity contribution in [2.75, 3.05) is 19.6 Å². The summed E-state index contributed by atoms with van der Waals surface area (Å²) < 4.78 is 24.6. The number of ether oxygens (including phenoxy) is 1. The average molecular weight is 431 g/mol. The second-order valence-electron chi connectivity index (χ2n) is 7.65. The molecule has 5 rings (SSSR count). The third-order valence-corrected chi connectivity index (χ3v) is 5.80. The lowest BCUT2D eigenvalue weighted by molar-refractivity contribution is 0.130. The molecule has 2 aromatic heterocycles. The molecule has 2 aliphatic rings. The maximum absolute atomic E-state index is 13.2. The first kappa shape index (κ1) is 20.8.